The van der Waals surface area contributed by atoms with E-state index in [-0.39, 0.29) is 6.04 Å². The molecule has 1 atom stereocenters. The number of aryl methyl sites for hydroxylation is 2. The molecule has 19 heavy (non-hydrogen) atoms. The van der Waals surface area contributed by atoms with Gasteiger partial charge in [0, 0.05) is 32.2 Å². The second kappa shape index (κ2) is 6.70. The molecule has 0 aliphatic carbocycles. The van der Waals surface area contributed by atoms with E-state index in [9.17, 15) is 0 Å². The van der Waals surface area contributed by atoms with Gasteiger partial charge >= 0.3 is 0 Å². The Balaban J connectivity index is 2.13. The van der Waals surface area contributed by atoms with E-state index in [1.165, 1.54) is 0 Å². The lowest BCUT2D eigenvalue weighted by Gasteiger charge is -2.30. The highest BCUT2D eigenvalue weighted by Gasteiger charge is 2.26. The first-order chi connectivity index (χ1) is 9.17. The van der Waals surface area contributed by atoms with Crippen LogP contribution < -0.4 is 11.3 Å². The Labute approximate surface area is 119 Å². The molecule has 0 bridgehead atoms. The zero-order valence-corrected chi connectivity index (χ0v) is 12.4. The fourth-order valence-electron chi connectivity index (χ4n) is 2.75. The summed E-state index contributed by atoms with van der Waals surface area (Å²) < 4.78 is 7.38. The number of ether oxygens (including phenoxy) is 1. The highest BCUT2D eigenvalue weighted by atomic mass is 35.5. The molecule has 0 radical (unpaired) electrons. The predicted molar refractivity (Wildman–Crippen MR) is 76.0 cm³/mol. The van der Waals surface area contributed by atoms with Crippen LogP contribution in [0.2, 0.25) is 5.02 Å². The van der Waals surface area contributed by atoms with Gasteiger partial charge in [0.1, 0.15) is 0 Å². The first-order valence-corrected chi connectivity index (χ1v) is 7.30. The molecular formula is C13H23ClN4O. The molecule has 3 N–H and O–H groups in total. The van der Waals surface area contributed by atoms with Crippen molar-refractivity contribution in [3.05, 3.63) is 16.4 Å². The quantitative estimate of drug-likeness (QED) is 0.638. The van der Waals surface area contributed by atoms with E-state index in [2.05, 4.69) is 17.4 Å². The molecule has 1 aliphatic heterocycles. The summed E-state index contributed by atoms with van der Waals surface area (Å²) in [5.74, 6) is 6.27. The fourth-order valence-corrected chi connectivity index (χ4v) is 2.96. The van der Waals surface area contributed by atoms with Crippen molar-refractivity contribution in [2.75, 3.05) is 13.2 Å². The Kier molecular flexibility index (Phi) is 5.21. The van der Waals surface area contributed by atoms with Crippen molar-refractivity contribution < 1.29 is 4.74 Å². The van der Waals surface area contributed by atoms with Crippen LogP contribution in [0.25, 0.3) is 0 Å². The van der Waals surface area contributed by atoms with E-state index >= 15 is 0 Å². The third-order valence-corrected chi connectivity index (χ3v) is 4.41. The van der Waals surface area contributed by atoms with Gasteiger partial charge < -0.3 is 4.74 Å². The van der Waals surface area contributed by atoms with Crippen molar-refractivity contribution in [2.24, 2.45) is 11.8 Å². The molecule has 2 rings (SSSR count). The van der Waals surface area contributed by atoms with Gasteiger partial charge in [-0.3, -0.25) is 16.0 Å². The van der Waals surface area contributed by atoms with Crippen LogP contribution in [0.15, 0.2) is 0 Å². The van der Waals surface area contributed by atoms with Crippen molar-refractivity contribution in [1.29, 1.82) is 0 Å². The van der Waals surface area contributed by atoms with E-state index in [0.29, 0.717) is 5.92 Å². The Morgan fingerprint density at radius 3 is 2.79 bits per heavy atom. The summed E-state index contributed by atoms with van der Waals surface area (Å²) in [6.07, 6.45) is 2.91. The number of nitrogens with two attached hydrogens (primary N) is 1. The summed E-state index contributed by atoms with van der Waals surface area (Å²) in [5, 5.41) is 5.22. The Morgan fingerprint density at radius 1 is 1.53 bits per heavy atom. The summed E-state index contributed by atoms with van der Waals surface area (Å²) >= 11 is 6.36. The van der Waals surface area contributed by atoms with Gasteiger partial charge in [0.2, 0.25) is 0 Å². The van der Waals surface area contributed by atoms with Gasteiger partial charge in [-0.05, 0) is 32.6 Å². The van der Waals surface area contributed by atoms with Crippen molar-refractivity contribution in [3.63, 3.8) is 0 Å². The lowest BCUT2D eigenvalue weighted by Crippen LogP contribution is -2.44. The van der Waals surface area contributed by atoms with Gasteiger partial charge in [-0.1, -0.05) is 11.6 Å². The summed E-state index contributed by atoms with van der Waals surface area (Å²) in [7, 11) is 0. The number of hydrogen-bond acceptors (Lipinski definition) is 4. The van der Waals surface area contributed by atoms with Crippen LogP contribution in [0.4, 0.5) is 0 Å². The van der Waals surface area contributed by atoms with E-state index in [1.54, 1.807) is 0 Å². The van der Waals surface area contributed by atoms with Gasteiger partial charge in [0.25, 0.3) is 0 Å². The van der Waals surface area contributed by atoms with Crippen LogP contribution in [-0.4, -0.2) is 29.0 Å². The number of aromatic nitrogens is 2. The van der Waals surface area contributed by atoms with Crippen LogP contribution >= 0.6 is 11.6 Å². The summed E-state index contributed by atoms with van der Waals surface area (Å²) in [6.45, 7) is 6.49. The average molecular weight is 287 g/mol. The van der Waals surface area contributed by atoms with Crippen molar-refractivity contribution in [3.8, 4) is 0 Å². The van der Waals surface area contributed by atoms with Crippen LogP contribution in [0.1, 0.15) is 31.2 Å². The molecule has 0 spiro atoms. The summed E-state index contributed by atoms with van der Waals surface area (Å²) in [4.78, 5) is 0. The number of hydrogen-bond donors (Lipinski definition) is 2. The van der Waals surface area contributed by atoms with Crippen LogP contribution in [-0.2, 0) is 17.7 Å². The molecule has 5 nitrogen and oxygen atoms in total. The first-order valence-electron chi connectivity index (χ1n) is 6.93. The number of hydrazine groups is 1. The van der Waals surface area contributed by atoms with Gasteiger partial charge in [0.15, 0.2) is 0 Å². The molecule has 0 saturated carbocycles. The number of nitrogens with one attached hydrogen (secondary N) is 1. The third kappa shape index (κ3) is 3.28. The van der Waals surface area contributed by atoms with Gasteiger partial charge in [-0.2, -0.15) is 5.10 Å². The van der Waals surface area contributed by atoms with Crippen molar-refractivity contribution in [2.45, 2.75) is 45.7 Å². The maximum Gasteiger partial charge on any atom is 0.0847 e. The van der Waals surface area contributed by atoms with E-state index in [1.807, 2.05) is 11.6 Å². The molecular weight excluding hydrogens is 264 g/mol. The maximum absolute atomic E-state index is 6.36. The van der Waals surface area contributed by atoms with E-state index in [4.69, 9.17) is 22.2 Å². The molecule has 6 heteroatoms. The highest BCUT2D eigenvalue weighted by molar-refractivity contribution is 6.31. The minimum Gasteiger partial charge on any atom is -0.381 e. The highest BCUT2D eigenvalue weighted by Crippen LogP contribution is 2.26. The standard InChI is InChI=1S/C13H23ClN4O/c1-3-18-12(13(14)9(2)17-18)8-11(16-15)10-4-6-19-7-5-10/h10-11,16H,3-8,15H2,1-2H3. The number of nitrogens with zero attached hydrogens (tertiary/aromatic N) is 2. The average Bonchev–Trinajstić information content (AvgIpc) is 2.72. The number of rotatable bonds is 5. The first kappa shape index (κ1) is 14.8. The number of halogens is 1. The third-order valence-electron chi connectivity index (χ3n) is 3.92. The van der Waals surface area contributed by atoms with Crippen LogP contribution in [0, 0.1) is 12.8 Å². The summed E-state index contributed by atoms with van der Waals surface area (Å²) in [5.41, 5.74) is 4.92. The smallest absolute Gasteiger partial charge is 0.0847 e. The van der Waals surface area contributed by atoms with Gasteiger partial charge in [-0.25, -0.2) is 0 Å². The second-order valence-electron chi connectivity index (χ2n) is 5.09. The van der Waals surface area contributed by atoms with E-state index in [0.717, 1.165) is 55.4 Å². The molecule has 0 amide bonds. The zero-order valence-electron chi connectivity index (χ0n) is 11.7. The molecule has 1 unspecified atom stereocenters. The normalized spacial score (nSPS) is 18.7. The van der Waals surface area contributed by atoms with Crippen LogP contribution in [0.5, 0.6) is 0 Å². The SMILES string of the molecule is CCn1nc(C)c(Cl)c1CC(NN)C1CCOCC1. The largest absolute Gasteiger partial charge is 0.381 e. The Morgan fingerprint density at radius 2 is 2.21 bits per heavy atom. The molecule has 1 aliphatic rings. The predicted octanol–water partition coefficient (Wildman–Crippen LogP) is 1.67. The maximum atomic E-state index is 6.36. The van der Waals surface area contributed by atoms with Crippen molar-refractivity contribution >= 4 is 11.6 Å². The monoisotopic (exact) mass is 286 g/mol. The Hall–Kier alpha value is -0.620. The molecule has 108 valence electrons. The molecule has 2 heterocycles. The molecule has 0 aromatic carbocycles. The van der Waals surface area contributed by atoms with Gasteiger partial charge in [0.05, 0.1) is 16.4 Å². The van der Waals surface area contributed by atoms with Crippen LogP contribution in [0.3, 0.4) is 0 Å². The van der Waals surface area contributed by atoms with E-state index < -0.39 is 0 Å². The van der Waals surface area contributed by atoms with Gasteiger partial charge in [-0.15, -0.1) is 0 Å². The molecule has 1 aromatic rings. The zero-order chi connectivity index (χ0) is 13.8. The Bertz CT molecular complexity index is 415. The topological polar surface area (TPSA) is 65.1 Å². The molecule has 1 saturated heterocycles. The lowest BCUT2D eigenvalue weighted by molar-refractivity contribution is 0.0535. The second-order valence-corrected chi connectivity index (χ2v) is 5.47. The molecule has 1 fully saturated rings. The lowest BCUT2D eigenvalue weighted by atomic mass is 9.89. The summed E-state index contributed by atoms with van der Waals surface area (Å²) in [6, 6.07) is 0.225. The minimum absolute atomic E-state index is 0.225. The minimum atomic E-state index is 0.225. The molecule has 1 aromatic heterocycles. The van der Waals surface area contributed by atoms with Crippen molar-refractivity contribution in [1.82, 2.24) is 15.2 Å². The fraction of sp³-hybridized carbons (Fsp3) is 0.769.